The van der Waals surface area contributed by atoms with Gasteiger partial charge < -0.3 is 0 Å². The molecule has 0 aromatic heterocycles. The van der Waals surface area contributed by atoms with Crippen LogP contribution in [-0.2, 0) is 0 Å². The lowest BCUT2D eigenvalue weighted by atomic mass is 10.1. The highest BCUT2D eigenvalue weighted by Gasteiger charge is 2.17. The molecule has 0 aliphatic heterocycles. The maximum Gasteiger partial charge on any atom is 0.194 e. The van der Waals surface area contributed by atoms with E-state index < -0.39 is 0 Å². The van der Waals surface area contributed by atoms with E-state index in [4.69, 9.17) is 0 Å². The zero-order chi connectivity index (χ0) is 16.1. The predicted molar refractivity (Wildman–Crippen MR) is 98.7 cm³/mol. The molecule has 0 atom stereocenters. The number of hydrogen-bond donors (Lipinski definition) is 0. The van der Waals surface area contributed by atoms with E-state index in [1.54, 1.807) is 6.08 Å². The van der Waals surface area contributed by atoms with E-state index in [0.717, 1.165) is 21.7 Å². The minimum absolute atomic E-state index is 0.0252. The van der Waals surface area contributed by atoms with E-state index in [-0.39, 0.29) is 10.9 Å². The van der Waals surface area contributed by atoms with Crippen molar-refractivity contribution in [2.24, 2.45) is 0 Å². The third-order valence-corrected chi connectivity index (χ3v) is 4.47. The molecular weight excluding hydrogens is 284 g/mol. The average molecular weight is 298 g/mol. The molecule has 2 nitrogen and oxygen atoms in total. The Bertz CT molecular complexity index is 1220. The summed E-state index contributed by atoms with van der Waals surface area (Å²) in [6.07, 6.45) is 5.39. The molecule has 110 valence electrons. The van der Waals surface area contributed by atoms with Gasteiger partial charge in [0.15, 0.2) is 10.9 Å². The van der Waals surface area contributed by atoms with Crippen LogP contribution in [0.5, 0.6) is 0 Å². The molecule has 2 heteroatoms. The van der Waals surface area contributed by atoms with Gasteiger partial charge in [0.2, 0.25) is 0 Å². The Morgan fingerprint density at radius 3 is 2.13 bits per heavy atom. The van der Waals surface area contributed by atoms with Crippen LogP contribution in [0.2, 0.25) is 0 Å². The van der Waals surface area contributed by atoms with Crippen LogP contribution in [0.4, 0.5) is 0 Å². The number of fused-ring (bicyclic) bond motifs is 4. The monoisotopic (exact) mass is 298 g/mol. The molecule has 0 amide bonds. The van der Waals surface area contributed by atoms with Crippen molar-refractivity contribution in [2.45, 2.75) is 6.92 Å². The largest absolute Gasteiger partial charge is 0.289 e. The SMILES string of the molecule is C=Cc1c(/C=C\C)c2cc3c(=O)c4ccccc4c3cc2c1=O. The Hall–Kier alpha value is -3.00. The van der Waals surface area contributed by atoms with Crippen molar-refractivity contribution in [3.63, 3.8) is 0 Å². The highest BCUT2D eigenvalue weighted by atomic mass is 16.1. The summed E-state index contributed by atoms with van der Waals surface area (Å²) in [6.45, 7) is 5.67. The minimum atomic E-state index is -0.0252. The Morgan fingerprint density at radius 1 is 0.783 bits per heavy atom. The van der Waals surface area contributed by atoms with Crippen LogP contribution in [0.1, 0.15) is 18.1 Å². The molecule has 0 heterocycles. The fraction of sp³-hybridized carbons (Fsp3) is 0.0476. The highest BCUT2D eigenvalue weighted by Crippen LogP contribution is 2.31. The summed E-state index contributed by atoms with van der Waals surface area (Å²) in [5, 5.41) is 4.61. The van der Waals surface area contributed by atoms with Crippen LogP contribution < -0.4 is 10.9 Å². The fourth-order valence-corrected chi connectivity index (χ4v) is 3.44. The number of rotatable bonds is 2. The minimum Gasteiger partial charge on any atom is -0.289 e. The maximum atomic E-state index is 12.7. The molecule has 0 unspecified atom stereocenters. The molecule has 4 aromatic carbocycles. The molecule has 4 rings (SSSR count). The average Bonchev–Trinajstić information content (AvgIpc) is 3.00. The van der Waals surface area contributed by atoms with Crippen molar-refractivity contribution >= 4 is 44.5 Å². The van der Waals surface area contributed by atoms with Crippen LogP contribution in [0.15, 0.2) is 58.6 Å². The van der Waals surface area contributed by atoms with Gasteiger partial charge in [-0.3, -0.25) is 9.59 Å². The second-order valence-electron chi connectivity index (χ2n) is 5.68. The molecule has 0 saturated carbocycles. The van der Waals surface area contributed by atoms with E-state index in [9.17, 15) is 9.59 Å². The second kappa shape index (κ2) is 4.75. The zero-order valence-corrected chi connectivity index (χ0v) is 12.7. The van der Waals surface area contributed by atoms with Crippen molar-refractivity contribution in [3.8, 4) is 0 Å². The molecule has 0 N–H and O–H groups in total. The number of hydrogen-bond acceptors (Lipinski definition) is 2. The molecule has 0 aliphatic rings. The normalized spacial score (nSPS) is 12.0. The third-order valence-electron chi connectivity index (χ3n) is 4.47. The summed E-state index contributed by atoms with van der Waals surface area (Å²) in [7, 11) is 0. The Kier molecular flexibility index (Phi) is 2.82. The lowest BCUT2D eigenvalue weighted by Gasteiger charge is -1.96. The van der Waals surface area contributed by atoms with Crippen LogP contribution in [0, 0.1) is 0 Å². The first kappa shape index (κ1) is 13.6. The van der Waals surface area contributed by atoms with Crippen molar-refractivity contribution in [3.05, 3.63) is 80.6 Å². The van der Waals surface area contributed by atoms with Crippen LogP contribution >= 0.6 is 0 Å². The van der Waals surface area contributed by atoms with Gasteiger partial charge >= 0.3 is 0 Å². The lowest BCUT2D eigenvalue weighted by molar-refractivity contribution is 1.69. The first-order valence-corrected chi connectivity index (χ1v) is 7.54. The third kappa shape index (κ3) is 1.69. The topological polar surface area (TPSA) is 34.1 Å². The quantitative estimate of drug-likeness (QED) is 0.549. The van der Waals surface area contributed by atoms with Gasteiger partial charge in [-0.05, 0) is 40.8 Å². The summed E-state index contributed by atoms with van der Waals surface area (Å²) in [6, 6.07) is 11.3. The van der Waals surface area contributed by atoms with Gasteiger partial charge in [-0.2, -0.15) is 0 Å². The summed E-state index contributed by atoms with van der Waals surface area (Å²) in [4.78, 5) is 25.3. The van der Waals surface area contributed by atoms with Crippen LogP contribution in [0.25, 0.3) is 44.5 Å². The Balaban J connectivity index is 2.31. The summed E-state index contributed by atoms with van der Waals surface area (Å²) >= 11 is 0. The van der Waals surface area contributed by atoms with E-state index in [2.05, 4.69) is 6.58 Å². The molecule has 0 radical (unpaired) electrons. The number of allylic oxidation sites excluding steroid dienone is 1. The smallest absolute Gasteiger partial charge is 0.194 e. The van der Waals surface area contributed by atoms with Crippen molar-refractivity contribution in [2.75, 3.05) is 0 Å². The molecule has 0 aliphatic carbocycles. The summed E-state index contributed by atoms with van der Waals surface area (Å²) in [5.74, 6) is 0. The van der Waals surface area contributed by atoms with E-state index >= 15 is 0 Å². The standard InChI is InChI=1S/C21H14O2/c1-3-7-13-12(4-2)20(22)18-11-17-14-8-5-6-9-15(14)21(23)19(17)10-16(13)18/h3-11H,2H2,1H3/b7-3-. The number of benzene rings is 2. The fourth-order valence-electron chi connectivity index (χ4n) is 3.44. The van der Waals surface area contributed by atoms with Gasteiger partial charge in [-0.1, -0.05) is 49.1 Å². The molecule has 4 aromatic rings. The zero-order valence-electron chi connectivity index (χ0n) is 12.7. The maximum absolute atomic E-state index is 12.7. The molecule has 0 saturated heterocycles. The van der Waals surface area contributed by atoms with Crippen molar-refractivity contribution in [1.82, 2.24) is 0 Å². The van der Waals surface area contributed by atoms with Crippen molar-refractivity contribution in [1.29, 1.82) is 0 Å². The highest BCUT2D eigenvalue weighted by molar-refractivity contribution is 6.17. The Morgan fingerprint density at radius 2 is 1.43 bits per heavy atom. The van der Waals surface area contributed by atoms with Gasteiger partial charge in [-0.25, -0.2) is 0 Å². The van der Waals surface area contributed by atoms with Gasteiger partial charge in [0, 0.05) is 21.7 Å². The molecule has 0 fully saturated rings. The van der Waals surface area contributed by atoms with E-state index in [1.807, 2.05) is 55.5 Å². The van der Waals surface area contributed by atoms with E-state index in [0.29, 0.717) is 21.7 Å². The van der Waals surface area contributed by atoms with Gasteiger partial charge in [0.05, 0.1) is 0 Å². The molecule has 0 spiro atoms. The van der Waals surface area contributed by atoms with Gasteiger partial charge in [-0.15, -0.1) is 0 Å². The summed E-state index contributed by atoms with van der Waals surface area (Å²) < 4.78 is 0. The van der Waals surface area contributed by atoms with Gasteiger partial charge in [0.1, 0.15) is 0 Å². The molecule has 0 bridgehead atoms. The van der Waals surface area contributed by atoms with Crippen LogP contribution in [0.3, 0.4) is 0 Å². The lowest BCUT2D eigenvalue weighted by Crippen LogP contribution is -1.98. The summed E-state index contributed by atoms with van der Waals surface area (Å²) in [5.41, 5.74) is 1.44. The van der Waals surface area contributed by atoms with Crippen LogP contribution in [-0.4, -0.2) is 0 Å². The first-order valence-electron chi connectivity index (χ1n) is 7.54. The van der Waals surface area contributed by atoms with E-state index in [1.165, 1.54) is 0 Å². The first-order chi connectivity index (χ1) is 11.2. The van der Waals surface area contributed by atoms with Gasteiger partial charge in [0.25, 0.3) is 0 Å². The van der Waals surface area contributed by atoms with Crippen molar-refractivity contribution < 1.29 is 0 Å². The molecule has 23 heavy (non-hydrogen) atoms. The Labute approximate surface area is 132 Å². The molecular formula is C21H14O2. The second-order valence-corrected chi connectivity index (χ2v) is 5.68. The predicted octanol–water partition coefficient (Wildman–Crippen LogP) is 4.42.